The number of carbonyl (C=O) groups excluding carboxylic acids is 4. The van der Waals surface area contributed by atoms with Gasteiger partial charge in [0.05, 0.1) is 18.2 Å². The molecule has 4 amide bonds. The van der Waals surface area contributed by atoms with E-state index in [1.54, 1.807) is 30.1 Å². The molecule has 5 rings (SSSR count). The van der Waals surface area contributed by atoms with Crippen molar-refractivity contribution in [3.8, 4) is 17.3 Å². The number of amides is 4. The lowest BCUT2D eigenvalue weighted by Crippen LogP contribution is -2.71. The Hall–Kier alpha value is -5.48. The molecule has 0 bridgehead atoms. The van der Waals surface area contributed by atoms with Gasteiger partial charge < -0.3 is 36.1 Å². The Labute approximate surface area is 269 Å². The van der Waals surface area contributed by atoms with Gasteiger partial charge in [-0.05, 0) is 25.0 Å². The van der Waals surface area contributed by atoms with E-state index in [4.69, 9.17) is 15.8 Å². The molecule has 17 nitrogen and oxygen atoms in total. The van der Waals surface area contributed by atoms with E-state index >= 15 is 0 Å². The number of carboxylic acids is 1. The van der Waals surface area contributed by atoms with E-state index in [1.807, 2.05) is 30.6 Å². The Kier molecular flexibility index (Phi) is 9.48. The highest BCUT2D eigenvalue weighted by Gasteiger charge is 2.53. The van der Waals surface area contributed by atoms with Crippen molar-refractivity contribution in [2.24, 2.45) is 5.16 Å². The molecule has 238 valence electrons. The normalized spacial score (nSPS) is 17.5. The first-order chi connectivity index (χ1) is 22.1. The Morgan fingerprint density at radius 1 is 1.35 bits per heavy atom. The van der Waals surface area contributed by atoms with Gasteiger partial charge in [0.15, 0.2) is 30.3 Å². The molecule has 0 aromatic carbocycles. The van der Waals surface area contributed by atoms with Crippen LogP contribution < -0.4 is 31.4 Å². The number of oxime groups is 1. The van der Waals surface area contributed by atoms with Gasteiger partial charge in [-0.1, -0.05) is 5.16 Å². The summed E-state index contributed by atoms with van der Waals surface area (Å²) in [6.07, 6.45) is 6.95. The van der Waals surface area contributed by atoms with Crippen LogP contribution in [0.3, 0.4) is 0 Å². The summed E-state index contributed by atoms with van der Waals surface area (Å²) in [4.78, 5) is 63.3. The number of carbonyl (C=O) groups is 4. The Balaban J connectivity index is 1.27. The lowest BCUT2D eigenvalue weighted by atomic mass is 10.0. The summed E-state index contributed by atoms with van der Waals surface area (Å²) >= 11 is 2.18. The standard InChI is InChI=1S/C27H27N11O6S2/c1-3-44-35-18(21-34-26(29)46-36-21)22(39)33-19-23(40)38-20(25(41)42)15(11-45-24(19)38)10-37-6-4-14(5-7-37)16-8-30-17(13(16)2)9-31-27(43)32-12-28/h4-8,19,24H,3,9-11H2,1-2H3,(H6,29,31,32,33,34,36,39,41,42,43)/b35-18+. The van der Waals surface area contributed by atoms with Gasteiger partial charge in [-0.15, -0.1) is 11.8 Å². The number of aliphatic carboxylic acids is 1. The van der Waals surface area contributed by atoms with Crippen molar-refractivity contribution < 1.29 is 33.7 Å². The summed E-state index contributed by atoms with van der Waals surface area (Å²) in [5.41, 5.74) is 9.08. The number of anilines is 1. The number of nitriles is 1. The van der Waals surface area contributed by atoms with Crippen LogP contribution >= 0.6 is 23.3 Å². The second-order valence-corrected chi connectivity index (χ2v) is 11.8. The number of thioether (sulfide) groups is 1. The molecule has 0 saturated carbocycles. The second kappa shape index (κ2) is 13.7. The molecule has 2 atom stereocenters. The average molecular weight is 666 g/mol. The number of urea groups is 1. The van der Waals surface area contributed by atoms with Gasteiger partial charge in [0.1, 0.15) is 18.0 Å². The fourth-order valence-electron chi connectivity index (χ4n) is 4.90. The Morgan fingerprint density at radius 3 is 2.76 bits per heavy atom. The first-order valence-corrected chi connectivity index (χ1v) is 15.5. The number of β-lactam (4-membered cyclic amide) rings is 1. The third-order valence-electron chi connectivity index (χ3n) is 7.10. The molecular weight excluding hydrogens is 639 g/mol. The topological polar surface area (TPSA) is 248 Å². The molecule has 19 heteroatoms. The molecule has 6 N–H and O–H groups in total. The van der Waals surface area contributed by atoms with Crippen LogP contribution in [0, 0.1) is 18.4 Å². The van der Waals surface area contributed by atoms with E-state index < -0.39 is 35.2 Å². The number of hydrogen-bond donors (Lipinski definition) is 5. The predicted molar refractivity (Wildman–Crippen MR) is 162 cm³/mol. The summed E-state index contributed by atoms with van der Waals surface area (Å²) in [6, 6.07) is 2.10. The number of carboxylic acid groups (broad SMARTS) is 1. The van der Waals surface area contributed by atoms with E-state index in [0.717, 1.165) is 38.8 Å². The van der Waals surface area contributed by atoms with Crippen molar-refractivity contribution in [1.29, 1.82) is 5.26 Å². The minimum atomic E-state index is -1.50. The zero-order valence-corrected chi connectivity index (χ0v) is 26.0. The van der Waals surface area contributed by atoms with Gasteiger partial charge in [0.2, 0.25) is 11.5 Å². The fraction of sp³-hybridized carbons (Fsp3) is 0.296. The molecule has 1 fully saturated rings. The molecule has 1 saturated heterocycles. The summed E-state index contributed by atoms with van der Waals surface area (Å²) < 4.78 is 5.77. The average Bonchev–Trinajstić information content (AvgIpc) is 3.63. The highest BCUT2D eigenvalue weighted by atomic mass is 32.2. The van der Waals surface area contributed by atoms with Crippen LogP contribution in [0.5, 0.6) is 0 Å². The van der Waals surface area contributed by atoms with Crippen molar-refractivity contribution in [2.45, 2.75) is 38.4 Å². The van der Waals surface area contributed by atoms with Crippen LogP contribution in [-0.4, -0.2) is 72.5 Å². The molecular formula is C27H27N11O6S2. The molecule has 0 radical (unpaired) electrons. The van der Waals surface area contributed by atoms with Crippen molar-refractivity contribution in [2.75, 3.05) is 18.1 Å². The number of H-pyrrole nitrogens is 1. The van der Waals surface area contributed by atoms with E-state index in [9.17, 15) is 24.3 Å². The number of nitrogens with two attached hydrogens (primary N) is 1. The minimum absolute atomic E-state index is 0.0563. The number of aromatic amines is 1. The fourth-order valence-corrected chi connectivity index (χ4v) is 6.67. The van der Waals surface area contributed by atoms with E-state index in [1.165, 1.54) is 11.8 Å². The van der Waals surface area contributed by atoms with Gasteiger partial charge in [-0.25, -0.2) is 14.7 Å². The molecule has 3 aromatic heterocycles. The zero-order valence-electron chi connectivity index (χ0n) is 24.4. The summed E-state index contributed by atoms with van der Waals surface area (Å²) in [5.74, 6) is -2.66. The van der Waals surface area contributed by atoms with E-state index in [0.29, 0.717) is 5.57 Å². The zero-order chi connectivity index (χ0) is 33.0. The number of pyridine rings is 1. The summed E-state index contributed by atoms with van der Waals surface area (Å²) in [6.45, 7) is 4.13. The van der Waals surface area contributed by atoms with Gasteiger partial charge in [-0.3, -0.25) is 14.5 Å². The third-order valence-corrected chi connectivity index (χ3v) is 8.98. The number of nitrogens with one attached hydrogen (secondary N) is 4. The first-order valence-electron chi connectivity index (χ1n) is 13.7. The smallest absolute Gasteiger partial charge is 0.328 e. The Morgan fingerprint density at radius 2 is 2.11 bits per heavy atom. The quantitative estimate of drug-likeness (QED) is 0.0408. The molecule has 5 heterocycles. The van der Waals surface area contributed by atoms with Gasteiger partial charge in [0, 0.05) is 52.4 Å². The molecule has 46 heavy (non-hydrogen) atoms. The number of nitrogen functional groups attached to an aromatic ring is 1. The van der Waals surface area contributed by atoms with Crippen LogP contribution in [-0.2, 0) is 32.3 Å². The number of rotatable bonds is 11. The molecule has 0 aliphatic carbocycles. The molecule has 2 unspecified atom stereocenters. The number of fused-ring (bicyclic) bond motifs is 1. The van der Waals surface area contributed by atoms with Crippen molar-refractivity contribution >= 4 is 58.0 Å². The van der Waals surface area contributed by atoms with E-state index in [2.05, 4.69) is 30.1 Å². The maximum atomic E-state index is 13.2. The third kappa shape index (κ3) is 6.47. The number of nitrogens with zero attached hydrogens (tertiary/aromatic N) is 6. The van der Waals surface area contributed by atoms with Crippen LogP contribution in [0.25, 0.3) is 11.1 Å². The minimum Gasteiger partial charge on any atom is -0.543 e. The lowest BCUT2D eigenvalue weighted by Gasteiger charge is -2.50. The van der Waals surface area contributed by atoms with Crippen molar-refractivity contribution in [3.63, 3.8) is 0 Å². The van der Waals surface area contributed by atoms with Crippen LogP contribution in [0.2, 0.25) is 0 Å². The molecule has 3 aromatic rings. The molecule has 2 aliphatic heterocycles. The molecule has 0 spiro atoms. The predicted octanol–water partition coefficient (Wildman–Crippen LogP) is -1.16. The van der Waals surface area contributed by atoms with Crippen LogP contribution in [0.4, 0.5) is 9.93 Å². The number of aromatic nitrogens is 4. The maximum Gasteiger partial charge on any atom is 0.328 e. The summed E-state index contributed by atoms with van der Waals surface area (Å²) in [7, 11) is 0. The largest absolute Gasteiger partial charge is 0.543 e. The lowest BCUT2D eigenvalue weighted by molar-refractivity contribution is -0.689. The highest BCUT2D eigenvalue weighted by molar-refractivity contribution is 8.00. The second-order valence-electron chi connectivity index (χ2n) is 9.90. The van der Waals surface area contributed by atoms with Crippen molar-refractivity contribution in [3.05, 3.63) is 59.1 Å². The first kappa shape index (κ1) is 31.9. The van der Waals surface area contributed by atoms with Gasteiger partial charge in [0.25, 0.3) is 11.8 Å². The molecule has 2 aliphatic rings. The number of hydrogen-bond acceptors (Lipinski definition) is 13. The van der Waals surface area contributed by atoms with E-state index in [-0.39, 0.29) is 47.8 Å². The van der Waals surface area contributed by atoms with Crippen LogP contribution in [0.15, 0.2) is 47.1 Å². The van der Waals surface area contributed by atoms with Crippen molar-refractivity contribution in [1.82, 2.24) is 35.2 Å². The van der Waals surface area contributed by atoms with Gasteiger partial charge >= 0.3 is 6.03 Å². The summed E-state index contributed by atoms with van der Waals surface area (Å²) in [5, 5.41) is 31.2. The highest BCUT2D eigenvalue weighted by Crippen LogP contribution is 2.40. The van der Waals surface area contributed by atoms with Crippen LogP contribution in [0.1, 0.15) is 24.0 Å². The Bertz CT molecular complexity index is 1790. The maximum absolute atomic E-state index is 13.2. The van der Waals surface area contributed by atoms with Gasteiger partial charge in [-0.2, -0.15) is 14.6 Å². The SMILES string of the molecule is CCO/N=C(/C(=O)NC1C(=O)N2C(C(=O)[O-])=C(C[n+]3ccc(-c4c[nH]c(CNC(=O)NC#N)c4C)cc3)CSC12)c1nsc(N)n1. The monoisotopic (exact) mass is 665 g/mol.